The second kappa shape index (κ2) is 6.14. The van der Waals surface area contributed by atoms with E-state index in [1.165, 1.54) is 57.9 Å². The van der Waals surface area contributed by atoms with Crippen LogP contribution in [0.5, 0.6) is 0 Å². The average molecular weight is 254 g/mol. The third kappa shape index (κ3) is 3.19. The Kier molecular flexibility index (Phi) is 4.80. The number of rotatable bonds is 3. The van der Waals surface area contributed by atoms with Crippen molar-refractivity contribution in [2.24, 2.45) is 11.7 Å². The van der Waals surface area contributed by atoms with Gasteiger partial charge in [-0.2, -0.15) is 0 Å². The van der Waals surface area contributed by atoms with Crippen LogP contribution in [0.1, 0.15) is 58.3 Å². The summed E-state index contributed by atoms with van der Waals surface area (Å²) in [4.78, 5) is 3.35. The lowest BCUT2D eigenvalue weighted by molar-refractivity contribution is 0.0912. The third-order valence-electron chi connectivity index (χ3n) is 4.74. The lowest BCUT2D eigenvalue weighted by atomic mass is 9.82. The summed E-state index contributed by atoms with van der Waals surface area (Å²) in [5.41, 5.74) is 5.91. The average Bonchev–Trinajstić information content (AvgIpc) is 2.39. The lowest BCUT2D eigenvalue weighted by Gasteiger charge is -2.43. The summed E-state index contributed by atoms with van der Waals surface area (Å²) < 4.78 is 0. The monoisotopic (exact) mass is 254 g/mol. The molecule has 1 unspecified atom stereocenters. The van der Waals surface area contributed by atoms with Crippen LogP contribution in [0.2, 0.25) is 0 Å². The van der Waals surface area contributed by atoms with Crippen molar-refractivity contribution in [3.63, 3.8) is 0 Å². The Morgan fingerprint density at radius 3 is 2.47 bits per heavy atom. The fourth-order valence-electron chi connectivity index (χ4n) is 3.58. The Hall–Kier alpha value is -0.150. The number of nitrogens with two attached hydrogens (primary N) is 1. The Labute approximate surface area is 111 Å². The molecule has 0 aromatic rings. The van der Waals surface area contributed by atoms with Crippen molar-refractivity contribution in [2.75, 3.05) is 6.54 Å². The SMILES string of the molecule is CCC1CCC(N2CCCCC2C(N)=S)CC1. The van der Waals surface area contributed by atoms with Gasteiger partial charge in [-0.3, -0.25) is 4.90 Å². The summed E-state index contributed by atoms with van der Waals surface area (Å²) in [5.74, 6) is 0.972. The molecule has 0 spiro atoms. The van der Waals surface area contributed by atoms with Crippen molar-refractivity contribution in [1.82, 2.24) is 4.90 Å². The van der Waals surface area contributed by atoms with Gasteiger partial charge in [0.15, 0.2) is 0 Å². The van der Waals surface area contributed by atoms with Crippen LogP contribution >= 0.6 is 12.2 Å². The molecule has 2 fully saturated rings. The Bertz CT molecular complexity index is 259. The van der Waals surface area contributed by atoms with Gasteiger partial charge < -0.3 is 5.73 Å². The molecule has 0 aromatic heterocycles. The van der Waals surface area contributed by atoms with Crippen molar-refractivity contribution < 1.29 is 0 Å². The fraction of sp³-hybridized carbons (Fsp3) is 0.929. The first kappa shape index (κ1) is 13.3. The smallest absolute Gasteiger partial charge is 0.0902 e. The molecule has 0 bridgehead atoms. The Balaban J connectivity index is 1.93. The van der Waals surface area contributed by atoms with Gasteiger partial charge >= 0.3 is 0 Å². The molecule has 17 heavy (non-hydrogen) atoms. The molecule has 2 nitrogen and oxygen atoms in total. The normalized spacial score (nSPS) is 35.7. The molecule has 98 valence electrons. The summed E-state index contributed by atoms with van der Waals surface area (Å²) in [6, 6.07) is 1.14. The summed E-state index contributed by atoms with van der Waals surface area (Å²) in [6.07, 6.45) is 10.7. The van der Waals surface area contributed by atoms with E-state index in [0.29, 0.717) is 6.04 Å². The maximum Gasteiger partial charge on any atom is 0.0902 e. The maximum atomic E-state index is 5.91. The first-order chi connectivity index (χ1) is 8.22. The molecular weight excluding hydrogens is 228 g/mol. The molecule has 1 atom stereocenters. The van der Waals surface area contributed by atoms with Crippen LogP contribution in [-0.2, 0) is 0 Å². The molecule has 1 saturated carbocycles. The second-order valence-corrected chi connectivity index (χ2v) is 6.21. The van der Waals surface area contributed by atoms with Crippen molar-refractivity contribution in [3.05, 3.63) is 0 Å². The number of nitrogens with zero attached hydrogens (tertiary/aromatic N) is 1. The Morgan fingerprint density at radius 1 is 1.18 bits per heavy atom. The van der Waals surface area contributed by atoms with Gasteiger partial charge in [-0.05, 0) is 51.0 Å². The van der Waals surface area contributed by atoms with Gasteiger partial charge in [0, 0.05) is 6.04 Å². The van der Waals surface area contributed by atoms with Crippen LogP contribution in [0.25, 0.3) is 0 Å². The van der Waals surface area contributed by atoms with E-state index in [2.05, 4.69) is 11.8 Å². The van der Waals surface area contributed by atoms with Gasteiger partial charge in [0.2, 0.25) is 0 Å². The van der Waals surface area contributed by atoms with Crippen molar-refractivity contribution in [2.45, 2.75) is 70.4 Å². The number of thiocarbonyl (C=S) groups is 1. The van der Waals surface area contributed by atoms with E-state index in [1.54, 1.807) is 0 Å². The highest BCUT2D eigenvalue weighted by molar-refractivity contribution is 7.80. The van der Waals surface area contributed by atoms with E-state index >= 15 is 0 Å². The number of hydrogen-bond donors (Lipinski definition) is 1. The van der Waals surface area contributed by atoms with Crippen molar-refractivity contribution >= 4 is 17.2 Å². The van der Waals surface area contributed by atoms with Gasteiger partial charge in [0.05, 0.1) is 11.0 Å². The zero-order valence-corrected chi connectivity index (χ0v) is 11.8. The van der Waals surface area contributed by atoms with Crippen molar-refractivity contribution in [1.29, 1.82) is 0 Å². The standard InChI is InChI=1S/C14H26N2S/c1-2-11-6-8-12(9-7-11)16-10-4-3-5-13(16)14(15)17/h11-13H,2-10H2,1H3,(H2,15,17). The van der Waals surface area contributed by atoms with E-state index in [1.807, 2.05) is 0 Å². The van der Waals surface area contributed by atoms with Gasteiger partial charge in [-0.1, -0.05) is 32.0 Å². The Morgan fingerprint density at radius 2 is 1.88 bits per heavy atom. The van der Waals surface area contributed by atoms with Crippen LogP contribution in [0.15, 0.2) is 0 Å². The highest BCUT2D eigenvalue weighted by Gasteiger charge is 2.32. The zero-order valence-electron chi connectivity index (χ0n) is 11.0. The van der Waals surface area contributed by atoms with Crippen LogP contribution in [-0.4, -0.2) is 28.5 Å². The summed E-state index contributed by atoms with van der Waals surface area (Å²) >= 11 is 5.24. The second-order valence-electron chi connectivity index (χ2n) is 5.73. The number of likely N-dealkylation sites (tertiary alicyclic amines) is 1. The molecular formula is C14H26N2S. The van der Waals surface area contributed by atoms with Crippen LogP contribution in [0.4, 0.5) is 0 Å². The van der Waals surface area contributed by atoms with Crippen LogP contribution in [0.3, 0.4) is 0 Å². The zero-order chi connectivity index (χ0) is 12.3. The first-order valence-electron chi connectivity index (χ1n) is 7.27. The lowest BCUT2D eigenvalue weighted by Crippen LogP contribution is -2.52. The predicted molar refractivity (Wildman–Crippen MR) is 77.2 cm³/mol. The quantitative estimate of drug-likeness (QED) is 0.785. The van der Waals surface area contributed by atoms with Gasteiger partial charge in [0.1, 0.15) is 0 Å². The molecule has 2 aliphatic rings. The van der Waals surface area contributed by atoms with Gasteiger partial charge in [-0.25, -0.2) is 0 Å². The van der Waals surface area contributed by atoms with E-state index in [9.17, 15) is 0 Å². The molecule has 0 amide bonds. The van der Waals surface area contributed by atoms with E-state index in [-0.39, 0.29) is 0 Å². The molecule has 1 aliphatic heterocycles. The molecule has 1 heterocycles. The molecule has 0 radical (unpaired) electrons. The van der Waals surface area contributed by atoms with Gasteiger partial charge in [-0.15, -0.1) is 0 Å². The minimum atomic E-state index is 0.391. The summed E-state index contributed by atoms with van der Waals surface area (Å²) in [5, 5.41) is 0. The highest BCUT2D eigenvalue weighted by Crippen LogP contribution is 2.32. The van der Waals surface area contributed by atoms with E-state index in [4.69, 9.17) is 18.0 Å². The highest BCUT2D eigenvalue weighted by atomic mass is 32.1. The third-order valence-corrected chi connectivity index (χ3v) is 5.01. The maximum absolute atomic E-state index is 5.91. The molecule has 3 heteroatoms. The molecule has 2 rings (SSSR count). The molecule has 2 N–H and O–H groups in total. The topological polar surface area (TPSA) is 29.3 Å². The van der Waals surface area contributed by atoms with E-state index in [0.717, 1.165) is 16.9 Å². The van der Waals surface area contributed by atoms with E-state index < -0.39 is 0 Å². The fourth-order valence-corrected chi connectivity index (χ4v) is 3.83. The minimum Gasteiger partial charge on any atom is -0.392 e. The van der Waals surface area contributed by atoms with Crippen molar-refractivity contribution in [3.8, 4) is 0 Å². The van der Waals surface area contributed by atoms with Gasteiger partial charge in [0.25, 0.3) is 0 Å². The predicted octanol–water partition coefficient (Wildman–Crippen LogP) is 3.10. The van der Waals surface area contributed by atoms with Crippen LogP contribution < -0.4 is 5.73 Å². The summed E-state index contributed by atoms with van der Waals surface area (Å²) in [7, 11) is 0. The van der Waals surface area contributed by atoms with Crippen LogP contribution in [0, 0.1) is 5.92 Å². The number of piperidine rings is 1. The summed E-state index contributed by atoms with van der Waals surface area (Å²) in [6.45, 7) is 3.53. The first-order valence-corrected chi connectivity index (χ1v) is 7.68. The molecule has 1 saturated heterocycles. The number of hydrogen-bond acceptors (Lipinski definition) is 2. The molecule has 0 aromatic carbocycles. The minimum absolute atomic E-state index is 0.391. The largest absolute Gasteiger partial charge is 0.392 e. The molecule has 1 aliphatic carbocycles.